The molecule has 0 aliphatic carbocycles. The molecule has 5 heteroatoms. The molecule has 0 radical (unpaired) electrons. The Balaban J connectivity index is 2.18. The van der Waals surface area contributed by atoms with Crippen LogP contribution in [0.25, 0.3) is 0 Å². The Bertz CT molecular complexity index is 657. The second-order valence-electron chi connectivity index (χ2n) is 4.02. The number of aromatic nitrogens is 1. The molecule has 0 saturated heterocycles. The molecule has 0 aliphatic rings. The van der Waals surface area contributed by atoms with Crippen molar-refractivity contribution >= 4 is 11.7 Å². The summed E-state index contributed by atoms with van der Waals surface area (Å²) in [7, 11) is 0. The molecule has 2 N–H and O–H groups in total. The van der Waals surface area contributed by atoms with Gasteiger partial charge < -0.3 is 10.4 Å². The summed E-state index contributed by atoms with van der Waals surface area (Å²) in [5.41, 5.74) is 1.46. The number of phenols is 1. The lowest BCUT2D eigenvalue weighted by atomic mass is 10.1. The smallest absolute Gasteiger partial charge is 0.260 e. The molecule has 1 aromatic carbocycles. The largest absolute Gasteiger partial charge is 0.507 e. The van der Waals surface area contributed by atoms with Gasteiger partial charge in [0.25, 0.3) is 5.91 Å². The van der Waals surface area contributed by atoms with Crippen molar-refractivity contribution in [3.8, 4) is 11.8 Å². The zero-order valence-corrected chi connectivity index (χ0v) is 10.2. The molecule has 0 fully saturated rings. The molecule has 0 saturated carbocycles. The minimum Gasteiger partial charge on any atom is -0.507 e. The molecule has 0 aliphatic heterocycles. The first-order chi connectivity index (χ1) is 9.10. The maximum absolute atomic E-state index is 11.9. The molecule has 1 heterocycles. The number of carbonyl (C=O) groups is 1. The fourth-order valence-electron chi connectivity index (χ4n) is 1.55. The van der Waals surface area contributed by atoms with Crippen molar-refractivity contribution in [2.75, 3.05) is 5.32 Å². The number of nitrogens with one attached hydrogen (secondary N) is 1. The van der Waals surface area contributed by atoms with E-state index in [1.165, 1.54) is 18.3 Å². The van der Waals surface area contributed by atoms with E-state index in [0.29, 0.717) is 11.4 Å². The molecule has 0 unspecified atom stereocenters. The zero-order valence-electron chi connectivity index (χ0n) is 10.2. The summed E-state index contributed by atoms with van der Waals surface area (Å²) in [6.07, 6.45) is 1.37. The standard InChI is InChI=1S/C14H11N3O2/c1-9-2-4-11(12(18)6-9)14(19)17-13-5-3-10(7-15)8-16-13/h2-6,8,18H,1H3,(H,16,17,19). The van der Waals surface area contributed by atoms with Crippen LogP contribution in [0, 0.1) is 18.3 Å². The van der Waals surface area contributed by atoms with Gasteiger partial charge in [0.1, 0.15) is 17.6 Å². The number of benzene rings is 1. The number of aryl methyl sites for hydroxylation is 1. The summed E-state index contributed by atoms with van der Waals surface area (Å²) in [6, 6.07) is 9.82. The molecule has 0 atom stereocenters. The number of nitrogens with zero attached hydrogens (tertiary/aromatic N) is 2. The number of aromatic hydroxyl groups is 1. The average Bonchev–Trinajstić information content (AvgIpc) is 2.39. The number of anilines is 1. The van der Waals surface area contributed by atoms with Gasteiger partial charge in [-0.15, -0.1) is 0 Å². The van der Waals surface area contributed by atoms with Crippen molar-refractivity contribution in [3.05, 3.63) is 53.2 Å². The van der Waals surface area contributed by atoms with Crippen molar-refractivity contribution in [3.63, 3.8) is 0 Å². The minimum absolute atomic E-state index is 0.0776. The highest BCUT2D eigenvalue weighted by molar-refractivity contribution is 6.05. The predicted molar refractivity (Wildman–Crippen MR) is 69.7 cm³/mol. The van der Waals surface area contributed by atoms with E-state index in [-0.39, 0.29) is 11.3 Å². The van der Waals surface area contributed by atoms with Crippen molar-refractivity contribution in [1.29, 1.82) is 5.26 Å². The van der Waals surface area contributed by atoms with Crippen molar-refractivity contribution < 1.29 is 9.90 Å². The number of pyridine rings is 1. The molecular weight excluding hydrogens is 242 g/mol. The Morgan fingerprint density at radius 1 is 1.37 bits per heavy atom. The second kappa shape index (κ2) is 5.19. The number of rotatable bonds is 2. The second-order valence-corrected chi connectivity index (χ2v) is 4.02. The highest BCUT2D eigenvalue weighted by atomic mass is 16.3. The molecule has 1 amide bonds. The summed E-state index contributed by atoms with van der Waals surface area (Å²) < 4.78 is 0. The van der Waals surface area contributed by atoms with Gasteiger partial charge in [0.05, 0.1) is 11.1 Å². The molecule has 19 heavy (non-hydrogen) atoms. The molecule has 94 valence electrons. The summed E-state index contributed by atoms with van der Waals surface area (Å²) >= 11 is 0. The van der Waals surface area contributed by atoms with Crippen molar-refractivity contribution in [2.45, 2.75) is 6.92 Å². The van der Waals surface area contributed by atoms with Gasteiger partial charge in [0, 0.05) is 6.20 Å². The van der Waals surface area contributed by atoms with Gasteiger partial charge >= 0.3 is 0 Å². The van der Waals surface area contributed by atoms with Gasteiger partial charge in [-0.25, -0.2) is 4.98 Å². The van der Waals surface area contributed by atoms with Crippen LogP contribution >= 0.6 is 0 Å². The molecule has 1 aromatic heterocycles. The number of phenolic OH excluding ortho intramolecular Hbond substituents is 1. The highest BCUT2D eigenvalue weighted by Gasteiger charge is 2.11. The number of amides is 1. The van der Waals surface area contributed by atoms with Gasteiger partial charge in [-0.05, 0) is 36.8 Å². The predicted octanol–water partition coefficient (Wildman–Crippen LogP) is 2.22. The van der Waals surface area contributed by atoms with Crippen LogP contribution in [-0.4, -0.2) is 16.0 Å². The maximum atomic E-state index is 11.9. The van der Waals surface area contributed by atoms with Crippen LogP contribution in [0.15, 0.2) is 36.5 Å². The van der Waals surface area contributed by atoms with Gasteiger partial charge in [-0.2, -0.15) is 5.26 Å². The minimum atomic E-state index is -0.449. The van der Waals surface area contributed by atoms with Gasteiger partial charge in [-0.3, -0.25) is 4.79 Å². The summed E-state index contributed by atoms with van der Waals surface area (Å²) in [5.74, 6) is -0.204. The molecule has 2 rings (SSSR count). The summed E-state index contributed by atoms with van der Waals surface area (Å²) in [6.45, 7) is 1.82. The molecule has 0 spiro atoms. The van der Waals surface area contributed by atoms with Gasteiger partial charge in [-0.1, -0.05) is 6.07 Å². The van der Waals surface area contributed by atoms with E-state index >= 15 is 0 Å². The van der Waals surface area contributed by atoms with E-state index < -0.39 is 5.91 Å². The van der Waals surface area contributed by atoms with E-state index in [1.54, 1.807) is 18.2 Å². The Morgan fingerprint density at radius 2 is 2.16 bits per heavy atom. The Morgan fingerprint density at radius 3 is 2.74 bits per heavy atom. The first-order valence-corrected chi connectivity index (χ1v) is 5.57. The number of hydrogen-bond donors (Lipinski definition) is 2. The quantitative estimate of drug-likeness (QED) is 0.859. The lowest BCUT2D eigenvalue weighted by Gasteiger charge is -2.06. The normalized spacial score (nSPS) is 9.68. The fraction of sp³-hybridized carbons (Fsp3) is 0.0714. The van der Waals surface area contributed by atoms with Gasteiger partial charge in [0.2, 0.25) is 0 Å². The van der Waals surface area contributed by atoms with Crippen LogP contribution in [0.2, 0.25) is 0 Å². The molecule has 5 nitrogen and oxygen atoms in total. The third-order valence-corrected chi connectivity index (χ3v) is 2.53. The van der Waals surface area contributed by atoms with Crippen LogP contribution in [0.3, 0.4) is 0 Å². The Labute approximate surface area is 110 Å². The van der Waals surface area contributed by atoms with E-state index in [0.717, 1.165) is 5.56 Å². The average molecular weight is 253 g/mol. The first-order valence-electron chi connectivity index (χ1n) is 5.57. The van der Waals surface area contributed by atoms with E-state index in [4.69, 9.17) is 5.26 Å². The fourth-order valence-corrected chi connectivity index (χ4v) is 1.55. The molecule has 0 bridgehead atoms. The summed E-state index contributed by atoms with van der Waals surface area (Å²) in [4.78, 5) is 15.9. The van der Waals surface area contributed by atoms with E-state index in [1.807, 2.05) is 13.0 Å². The molecular formula is C14H11N3O2. The third kappa shape index (κ3) is 2.87. The van der Waals surface area contributed by atoms with Crippen LogP contribution in [-0.2, 0) is 0 Å². The first kappa shape index (κ1) is 12.6. The number of hydrogen-bond acceptors (Lipinski definition) is 4. The molecule has 2 aromatic rings. The van der Waals surface area contributed by atoms with Crippen molar-refractivity contribution in [1.82, 2.24) is 4.98 Å². The number of nitriles is 1. The topological polar surface area (TPSA) is 86.0 Å². The van der Waals surface area contributed by atoms with Crippen LogP contribution in [0.5, 0.6) is 5.75 Å². The summed E-state index contributed by atoms with van der Waals surface area (Å²) in [5, 5.41) is 20.9. The van der Waals surface area contributed by atoms with Gasteiger partial charge in [0.15, 0.2) is 0 Å². The van der Waals surface area contributed by atoms with Crippen molar-refractivity contribution in [2.24, 2.45) is 0 Å². The lowest BCUT2D eigenvalue weighted by Crippen LogP contribution is -2.13. The highest BCUT2D eigenvalue weighted by Crippen LogP contribution is 2.19. The SMILES string of the molecule is Cc1ccc(C(=O)Nc2ccc(C#N)cn2)c(O)c1. The third-order valence-electron chi connectivity index (χ3n) is 2.53. The Kier molecular flexibility index (Phi) is 3.44. The monoisotopic (exact) mass is 253 g/mol. The Hall–Kier alpha value is -2.87. The van der Waals surface area contributed by atoms with Crippen LogP contribution in [0.1, 0.15) is 21.5 Å². The number of carbonyl (C=O) groups excluding carboxylic acids is 1. The van der Waals surface area contributed by atoms with Crippen LogP contribution in [0.4, 0.5) is 5.82 Å². The zero-order chi connectivity index (χ0) is 13.8. The van der Waals surface area contributed by atoms with Crippen LogP contribution < -0.4 is 5.32 Å². The lowest BCUT2D eigenvalue weighted by molar-refractivity contribution is 0.102. The van der Waals surface area contributed by atoms with E-state index in [2.05, 4.69) is 10.3 Å². The maximum Gasteiger partial charge on any atom is 0.260 e. The van der Waals surface area contributed by atoms with E-state index in [9.17, 15) is 9.90 Å².